The number of nitrogens with zero attached hydrogens (tertiary/aromatic N) is 1. The first-order valence-corrected chi connectivity index (χ1v) is 5.90. The predicted octanol–water partition coefficient (Wildman–Crippen LogP) is 0.441. The number of hydrogen-bond acceptors (Lipinski definition) is 3. The Hall–Kier alpha value is -0.120. The van der Waals surface area contributed by atoms with Gasteiger partial charge in [0.1, 0.15) is 0 Å². The highest BCUT2D eigenvalue weighted by atomic mass is 16.3. The minimum Gasteiger partial charge on any atom is -0.395 e. The number of hydrogen-bond donors (Lipinski definition) is 2. The summed E-state index contributed by atoms with van der Waals surface area (Å²) >= 11 is 0. The van der Waals surface area contributed by atoms with Gasteiger partial charge < -0.3 is 10.4 Å². The van der Waals surface area contributed by atoms with E-state index in [1.165, 1.54) is 25.8 Å². The summed E-state index contributed by atoms with van der Waals surface area (Å²) in [5.74, 6) is 0.732. The highest BCUT2D eigenvalue weighted by molar-refractivity contribution is 4.89. The maximum atomic E-state index is 9.30. The second-order valence-corrected chi connectivity index (χ2v) is 4.75. The Morgan fingerprint density at radius 1 is 1.43 bits per heavy atom. The molecule has 14 heavy (non-hydrogen) atoms. The molecule has 2 heterocycles. The van der Waals surface area contributed by atoms with Crippen LogP contribution in [0.15, 0.2) is 0 Å². The molecule has 0 amide bonds. The van der Waals surface area contributed by atoms with E-state index in [0.717, 1.165) is 19.0 Å². The molecule has 3 nitrogen and oxygen atoms in total. The standard InChI is InChI=1S/C11H22N2O/c1-9-7-12-5-4-11(9)13-6-2-3-10(13)8-14/h9-12,14H,2-8H2,1H3. The van der Waals surface area contributed by atoms with Gasteiger partial charge >= 0.3 is 0 Å². The van der Waals surface area contributed by atoms with Crippen LogP contribution in [0.4, 0.5) is 0 Å². The van der Waals surface area contributed by atoms with Crippen molar-refractivity contribution in [3.05, 3.63) is 0 Å². The largest absolute Gasteiger partial charge is 0.395 e. The van der Waals surface area contributed by atoms with Gasteiger partial charge in [-0.15, -0.1) is 0 Å². The number of rotatable bonds is 2. The molecule has 0 aromatic carbocycles. The van der Waals surface area contributed by atoms with Crippen molar-refractivity contribution >= 4 is 0 Å². The summed E-state index contributed by atoms with van der Waals surface area (Å²) in [6, 6.07) is 1.15. The number of nitrogens with one attached hydrogen (secondary N) is 1. The van der Waals surface area contributed by atoms with Crippen LogP contribution < -0.4 is 5.32 Å². The van der Waals surface area contributed by atoms with Crippen molar-refractivity contribution in [1.82, 2.24) is 10.2 Å². The van der Waals surface area contributed by atoms with Gasteiger partial charge in [0, 0.05) is 12.1 Å². The first-order chi connectivity index (χ1) is 6.83. The van der Waals surface area contributed by atoms with E-state index in [1.807, 2.05) is 0 Å². The fourth-order valence-electron chi connectivity index (χ4n) is 2.98. The third-order valence-corrected chi connectivity index (χ3v) is 3.80. The molecule has 2 fully saturated rings. The number of aliphatic hydroxyl groups excluding tert-OH is 1. The van der Waals surface area contributed by atoms with Crippen LogP contribution in [0.2, 0.25) is 0 Å². The van der Waals surface area contributed by atoms with Crippen molar-refractivity contribution in [1.29, 1.82) is 0 Å². The monoisotopic (exact) mass is 198 g/mol. The van der Waals surface area contributed by atoms with Gasteiger partial charge in [-0.25, -0.2) is 0 Å². The molecule has 2 aliphatic rings. The summed E-state index contributed by atoms with van der Waals surface area (Å²) < 4.78 is 0. The molecule has 2 rings (SSSR count). The second-order valence-electron chi connectivity index (χ2n) is 4.75. The first-order valence-electron chi connectivity index (χ1n) is 5.90. The molecule has 0 bridgehead atoms. The van der Waals surface area contributed by atoms with Gasteiger partial charge in [-0.3, -0.25) is 4.90 Å². The van der Waals surface area contributed by atoms with Crippen LogP contribution in [-0.4, -0.2) is 48.3 Å². The summed E-state index contributed by atoms with van der Waals surface area (Å²) in [7, 11) is 0. The van der Waals surface area contributed by atoms with E-state index in [0.29, 0.717) is 18.7 Å². The molecule has 3 atom stereocenters. The topological polar surface area (TPSA) is 35.5 Å². The molecule has 2 saturated heterocycles. The lowest BCUT2D eigenvalue weighted by atomic mass is 9.93. The lowest BCUT2D eigenvalue weighted by molar-refractivity contribution is 0.0750. The summed E-state index contributed by atoms with van der Waals surface area (Å²) in [6.45, 7) is 6.14. The first kappa shape index (κ1) is 10.4. The van der Waals surface area contributed by atoms with Gasteiger partial charge in [0.15, 0.2) is 0 Å². The van der Waals surface area contributed by atoms with E-state index in [1.54, 1.807) is 0 Å². The van der Waals surface area contributed by atoms with Gasteiger partial charge in [-0.1, -0.05) is 6.92 Å². The highest BCUT2D eigenvalue weighted by Gasteiger charge is 2.34. The molecule has 0 aliphatic carbocycles. The number of likely N-dealkylation sites (tertiary alicyclic amines) is 1. The minimum absolute atomic E-state index is 0.344. The molecule has 0 aromatic rings. The molecule has 2 N–H and O–H groups in total. The van der Waals surface area contributed by atoms with Crippen LogP contribution in [0.3, 0.4) is 0 Å². The highest BCUT2D eigenvalue weighted by Crippen LogP contribution is 2.26. The summed E-state index contributed by atoms with van der Waals surface area (Å²) in [4.78, 5) is 2.55. The maximum absolute atomic E-state index is 9.30. The summed E-state index contributed by atoms with van der Waals surface area (Å²) in [5, 5.41) is 12.7. The predicted molar refractivity (Wildman–Crippen MR) is 57.3 cm³/mol. The van der Waals surface area contributed by atoms with Crippen LogP contribution in [-0.2, 0) is 0 Å². The third-order valence-electron chi connectivity index (χ3n) is 3.80. The lowest BCUT2D eigenvalue weighted by Crippen LogP contribution is -2.51. The molecule has 82 valence electrons. The minimum atomic E-state index is 0.344. The van der Waals surface area contributed by atoms with E-state index < -0.39 is 0 Å². The normalized spacial score (nSPS) is 40.3. The van der Waals surface area contributed by atoms with Gasteiger partial charge in [0.05, 0.1) is 6.61 Å². The molecule has 3 unspecified atom stereocenters. The molecule has 0 saturated carbocycles. The average Bonchev–Trinajstić information content (AvgIpc) is 2.66. The van der Waals surface area contributed by atoms with Crippen molar-refractivity contribution in [2.75, 3.05) is 26.2 Å². The Morgan fingerprint density at radius 3 is 3.00 bits per heavy atom. The van der Waals surface area contributed by atoms with Gasteiger partial charge in [-0.05, 0) is 44.8 Å². The zero-order valence-electron chi connectivity index (χ0n) is 9.08. The zero-order chi connectivity index (χ0) is 9.97. The van der Waals surface area contributed by atoms with Crippen LogP contribution in [0.25, 0.3) is 0 Å². The fourth-order valence-corrected chi connectivity index (χ4v) is 2.98. The smallest absolute Gasteiger partial charge is 0.0586 e. The second kappa shape index (κ2) is 4.60. The number of piperidine rings is 1. The Kier molecular flexibility index (Phi) is 3.42. The molecular weight excluding hydrogens is 176 g/mol. The van der Waals surface area contributed by atoms with E-state index in [2.05, 4.69) is 17.1 Å². The summed E-state index contributed by atoms with van der Waals surface area (Å²) in [6.07, 6.45) is 3.70. The van der Waals surface area contributed by atoms with Crippen molar-refractivity contribution in [3.63, 3.8) is 0 Å². The quantitative estimate of drug-likeness (QED) is 0.676. The molecular formula is C11H22N2O. The Morgan fingerprint density at radius 2 is 2.29 bits per heavy atom. The van der Waals surface area contributed by atoms with Crippen LogP contribution in [0, 0.1) is 5.92 Å². The van der Waals surface area contributed by atoms with Crippen LogP contribution in [0.5, 0.6) is 0 Å². The molecule has 0 radical (unpaired) electrons. The Labute approximate surface area is 86.5 Å². The van der Waals surface area contributed by atoms with E-state index in [-0.39, 0.29) is 0 Å². The van der Waals surface area contributed by atoms with Crippen LogP contribution >= 0.6 is 0 Å². The molecule has 0 spiro atoms. The van der Waals surface area contributed by atoms with Crippen LogP contribution in [0.1, 0.15) is 26.2 Å². The van der Waals surface area contributed by atoms with Gasteiger partial charge in [0.25, 0.3) is 0 Å². The maximum Gasteiger partial charge on any atom is 0.0586 e. The van der Waals surface area contributed by atoms with Crippen molar-refractivity contribution in [3.8, 4) is 0 Å². The van der Waals surface area contributed by atoms with Crippen molar-refractivity contribution in [2.24, 2.45) is 5.92 Å². The zero-order valence-corrected chi connectivity index (χ0v) is 9.08. The van der Waals surface area contributed by atoms with Gasteiger partial charge in [0.2, 0.25) is 0 Å². The van der Waals surface area contributed by atoms with Gasteiger partial charge in [-0.2, -0.15) is 0 Å². The molecule has 2 aliphatic heterocycles. The third kappa shape index (κ3) is 1.95. The summed E-state index contributed by atoms with van der Waals surface area (Å²) in [5.41, 5.74) is 0. The van der Waals surface area contributed by atoms with Crippen molar-refractivity contribution in [2.45, 2.75) is 38.3 Å². The Balaban J connectivity index is 1.97. The fraction of sp³-hybridized carbons (Fsp3) is 1.00. The van der Waals surface area contributed by atoms with E-state index in [4.69, 9.17) is 0 Å². The Bertz CT molecular complexity index is 186. The molecule has 3 heteroatoms. The molecule has 0 aromatic heterocycles. The average molecular weight is 198 g/mol. The van der Waals surface area contributed by atoms with E-state index >= 15 is 0 Å². The van der Waals surface area contributed by atoms with Crippen molar-refractivity contribution < 1.29 is 5.11 Å². The number of aliphatic hydroxyl groups is 1. The lowest BCUT2D eigenvalue weighted by Gasteiger charge is -2.39. The van der Waals surface area contributed by atoms with E-state index in [9.17, 15) is 5.11 Å². The SMILES string of the molecule is CC1CNCCC1N1CCCC1CO.